The zero-order chi connectivity index (χ0) is 38.1. The number of hydrogen-bond donors (Lipinski definition) is 0. The minimum Gasteiger partial charge on any atom is -1.00 e. The van der Waals surface area contributed by atoms with Crippen LogP contribution in [-0.2, 0) is 39.0 Å². The van der Waals surface area contributed by atoms with E-state index in [1.165, 1.54) is 0 Å². The second-order valence-corrected chi connectivity index (χ2v) is 8.83. The summed E-state index contributed by atoms with van der Waals surface area (Å²) in [5.74, 6) is 0. The van der Waals surface area contributed by atoms with Gasteiger partial charge in [0.15, 0.2) is 0 Å². The maximum absolute atomic E-state index is 9.75. The molecule has 7 heterocycles. The van der Waals surface area contributed by atoms with Crippen LogP contribution in [0.4, 0.5) is 34.5 Å². The van der Waals surface area contributed by atoms with Gasteiger partial charge in [0.25, 0.3) is 0 Å². The molecule has 7 aromatic rings. The molecule has 54 heavy (non-hydrogen) atoms. The second kappa shape index (κ2) is 29.4. The van der Waals surface area contributed by atoms with Crippen molar-refractivity contribution in [2.24, 2.45) is 0 Å². The first kappa shape index (κ1) is 53.3. The van der Waals surface area contributed by atoms with Crippen molar-refractivity contribution in [3.05, 3.63) is 139 Å². The van der Waals surface area contributed by atoms with E-state index in [9.17, 15) is 34.5 Å². The summed E-state index contributed by atoms with van der Waals surface area (Å²) in [6.07, 6.45) is 25.3. The number of hydrogen-bond acceptors (Lipinski definition) is 9. The number of nitroso groups, excluding NO2 is 2. The Hall–Kier alpha value is -5.09. The molecular weight excluding hydrogens is 941 g/mol. The van der Waals surface area contributed by atoms with Gasteiger partial charge in [-0.3, -0.25) is 0 Å². The van der Waals surface area contributed by atoms with Gasteiger partial charge in [-0.25, -0.2) is 30.6 Å². The maximum atomic E-state index is 9.75. The van der Waals surface area contributed by atoms with Gasteiger partial charge >= 0.3 is 67.7 Å². The molecule has 0 fully saturated rings. The van der Waals surface area contributed by atoms with E-state index in [4.69, 9.17) is 21.0 Å². The molecule has 7 rings (SSSR count). The first-order valence-corrected chi connectivity index (χ1v) is 13.7. The van der Waals surface area contributed by atoms with Crippen molar-refractivity contribution < 1.29 is 85.9 Å². The van der Waals surface area contributed by atoms with E-state index in [0.29, 0.717) is 0 Å². The molecule has 0 aliphatic carbocycles. The summed E-state index contributed by atoms with van der Waals surface area (Å²) in [6.45, 7) is 0. The first-order chi connectivity index (χ1) is 24.4. The Morgan fingerprint density at radius 2 is 0.630 bits per heavy atom. The summed E-state index contributed by atoms with van der Waals surface area (Å²) in [5, 5.41) is 32.5. The molecule has 0 spiro atoms. The standard InChI is InChI=1S/2C9H10BN6.C3H3N2.2BF4.ClH.2NO.2Ru/c2*1-4-11-14(7-1)10(15-8-2-5-12-15)16-9-3-6-13-16;1-2-4-5-3-1;2*2-1(3,4)5;;2*1-2;;/h2*1-10H;1-3H;;;1H;;;;/q5*-1;;;;2*+3/p-1. The third kappa shape index (κ3) is 22.8. The van der Waals surface area contributed by atoms with E-state index in [-0.39, 0.29) is 51.4 Å². The van der Waals surface area contributed by atoms with Crippen LogP contribution in [0.3, 0.4) is 0 Å². The fourth-order valence-corrected chi connectivity index (χ4v) is 3.89. The molecule has 4 radical (unpaired) electrons. The molecule has 7 aromatic heterocycles. The van der Waals surface area contributed by atoms with Crippen molar-refractivity contribution in [3.63, 3.8) is 0 Å². The maximum Gasteiger partial charge on any atom is 3.00 e. The molecule has 0 saturated heterocycles. The van der Waals surface area contributed by atoms with Crippen LogP contribution in [0.25, 0.3) is 0 Å². The van der Waals surface area contributed by atoms with Crippen molar-refractivity contribution >= 4 is 28.7 Å². The smallest absolute Gasteiger partial charge is 1.00 e. The summed E-state index contributed by atoms with van der Waals surface area (Å²) in [6, 6.07) is 13.2. The van der Waals surface area contributed by atoms with Gasteiger partial charge in [-0.2, -0.15) is 6.20 Å². The number of halogens is 9. The Morgan fingerprint density at radius 1 is 0.426 bits per heavy atom. The molecule has 0 bridgehead atoms. The molecule has 0 N–H and O–H groups in total. The van der Waals surface area contributed by atoms with E-state index >= 15 is 0 Å². The molecule has 0 saturated carbocycles. The average molecular weight is 964 g/mol. The van der Waals surface area contributed by atoms with E-state index < -0.39 is 28.7 Å². The minimum atomic E-state index is -6.00. The molecule has 290 valence electrons. The molecular formula is C21H23B4ClF8N16O2Ru2. The molecule has 0 aromatic carbocycles. The average Bonchev–Trinajstić information content (AvgIpc) is 3.95. The summed E-state index contributed by atoms with van der Waals surface area (Å²) in [5.41, 5.74) is 11.5. The van der Waals surface area contributed by atoms with E-state index in [1.807, 2.05) is 101 Å². The SMILES string of the molecule is F[B-](F)(F)F.F[B-](F)(F)F.[Cl-].[N]=O.[N]=O.[Ru+3].[Ru+3].c1cn[n-]c1.c1cnn([BH-](n2cccn2)n2cccn2)c1.c1cnn([BH-](n2cccn2)n2cccn2)c1. The van der Waals surface area contributed by atoms with Gasteiger partial charge in [0.1, 0.15) is 11.2 Å². The zero-order valence-electron chi connectivity index (χ0n) is 26.8. The molecule has 0 amide bonds. The number of nitrogens with zero attached hydrogens (tertiary/aromatic N) is 16. The van der Waals surface area contributed by atoms with Crippen LogP contribution in [0, 0.1) is 9.81 Å². The Labute approximate surface area is 332 Å². The predicted molar refractivity (Wildman–Crippen MR) is 169 cm³/mol. The van der Waals surface area contributed by atoms with Crippen molar-refractivity contribution in [1.82, 2.24) is 79.5 Å². The first-order valence-electron chi connectivity index (χ1n) is 13.7. The predicted octanol–water partition coefficient (Wildman–Crippen LogP) is -1.38. The Kier molecular flexibility index (Phi) is 29.0. The summed E-state index contributed by atoms with van der Waals surface area (Å²) >= 11 is 0. The summed E-state index contributed by atoms with van der Waals surface area (Å²) in [4.78, 5) is 14.5. The monoisotopic (exact) mass is 966 g/mol. The van der Waals surface area contributed by atoms with Gasteiger partial charge in [0.2, 0.25) is 0 Å². The second-order valence-electron chi connectivity index (χ2n) is 8.83. The van der Waals surface area contributed by atoms with E-state index in [2.05, 4.69) is 40.8 Å². The van der Waals surface area contributed by atoms with Gasteiger partial charge in [0, 0.05) is 43.4 Å². The fourth-order valence-electron chi connectivity index (χ4n) is 3.89. The third-order valence-corrected chi connectivity index (χ3v) is 5.47. The molecule has 18 nitrogen and oxygen atoms in total. The van der Waals surface area contributed by atoms with Crippen LogP contribution >= 0.6 is 0 Å². The van der Waals surface area contributed by atoms with Gasteiger partial charge in [0.05, 0.1) is 0 Å². The minimum absolute atomic E-state index is 0. The Balaban J connectivity index is -0.000000638. The normalized spacial score (nSPS) is 9.67. The van der Waals surface area contributed by atoms with Crippen molar-refractivity contribution in [3.8, 4) is 0 Å². The van der Waals surface area contributed by atoms with Gasteiger partial charge in [-0.05, 0) is 73.6 Å². The number of rotatable bonds is 6. The molecule has 0 unspecified atom stereocenters. The van der Waals surface area contributed by atoms with E-state index in [0.717, 1.165) is 0 Å². The van der Waals surface area contributed by atoms with Gasteiger partial charge < -0.3 is 84.7 Å². The van der Waals surface area contributed by atoms with Crippen LogP contribution in [0.2, 0.25) is 0 Å². The van der Waals surface area contributed by atoms with E-state index in [1.54, 1.807) is 55.6 Å². The van der Waals surface area contributed by atoms with Crippen molar-refractivity contribution in [2.75, 3.05) is 0 Å². The van der Waals surface area contributed by atoms with Crippen LogP contribution < -0.4 is 28.7 Å². The largest absolute Gasteiger partial charge is 3.00 e. The fraction of sp³-hybridized carbons (Fsp3) is 0. The van der Waals surface area contributed by atoms with Crippen LogP contribution in [-0.4, -0.2) is 92.0 Å². The topological polar surface area (TPSA) is 213 Å². The molecule has 33 heteroatoms. The van der Waals surface area contributed by atoms with Crippen molar-refractivity contribution in [2.45, 2.75) is 0 Å². The zero-order valence-corrected chi connectivity index (χ0v) is 31.0. The van der Waals surface area contributed by atoms with Crippen LogP contribution in [0.5, 0.6) is 0 Å². The third-order valence-electron chi connectivity index (χ3n) is 5.47. The summed E-state index contributed by atoms with van der Waals surface area (Å²) < 4.78 is 89.2. The number of aromatic nitrogens is 14. The molecule has 0 aliphatic rings. The quantitative estimate of drug-likeness (QED) is 0.141. The summed E-state index contributed by atoms with van der Waals surface area (Å²) in [7, 11) is -14.2. The van der Waals surface area contributed by atoms with Gasteiger partial charge in [-0.1, -0.05) is 6.07 Å². The van der Waals surface area contributed by atoms with Crippen LogP contribution in [0.1, 0.15) is 0 Å². The molecule has 0 atom stereocenters. The molecule has 0 aliphatic heterocycles. The van der Waals surface area contributed by atoms with Crippen LogP contribution in [0.15, 0.2) is 129 Å². The van der Waals surface area contributed by atoms with Gasteiger partial charge in [-0.15, -0.1) is 9.81 Å². The Morgan fingerprint density at radius 3 is 0.722 bits per heavy atom. The van der Waals surface area contributed by atoms with Crippen molar-refractivity contribution in [1.29, 1.82) is 0 Å². The Bertz CT molecular complexity index is 1440.